The number of rotatable bonds is 4. The molecule has 1 N–H and O–H groups in total. The van der Waals surface area contributed by atoms with E-state index in [1.54, 1.807) is 12.1 Å². The minimum atomic E-state index is -0.641. The number of ether oxygens (including phenoxy) is 1. The summed E-state index contributed by atoms with van der Waals surface area (Å²) in [6.45, 7) is 0.581. The van der Waals surface area contributed by atoms with Gasteiger partial charge in [-0.2, -0.15) is 0 Å². The summed E-state index contributed by atoms with van der Waals surface area (Å²) >= 11 is 0. The first-order valence-corrected chi connectivity index (χ1v) is 8.69. The molecule has 134 valence electrons. The van der Waals surface area contributed by atoms with Gasteiger partial charge in [0.25, 0.3) is 0 Å². The van der Waals surface area contributed by atoms with E-state index in [2.05, 4.69) is 9.55 Å². The van der Waals surface area contributed by atoms with Crippen LogP contribution < -0.4 is 0 Å². The topological polar surface area (TPSA) is 64.3 Å². The Bertz CT molecular complexity index is 936. The molecule has 0 radical (unpaired) electrons. The molecule has 1 fully saturated rings. The van der Waals surface area contributed by atoms with Crippen molar-refractivity contribution in [2.24, 2.45) is 0 Å². The van der Waals surface area contributed by atoms with Crippen LogP contribution in [0, 0.1) is 5.82 Å². The molecule has 0 aliphatic carbocycles. The van der Waals surface area contributed by atoms with E-state index in [0.29, 0.717) is 19.4 Å². The second-order valence-electron chi connectivity index (χ2n) is 6.58. The molecule has 1 saturated heterocycles. The number of aromatic nitrogens is 2. The lowest BCUT2D eigenvalue weighted by atomic mass is 10.0. The van der Waals surface area contributed by atoms with Crippen LogP contribution in [0.15, 0.2) is 48.5 Å². The van der Waals surface area contributed by atoms with Crippen LogP contribution in [0.5, 0.6) is 0 Å². The van der Waals surface area contributed by atoms with Crippen molar-refractivity contribution in [1.82, 2.24) is 9.55 Å². The number of esters is 1. The molecule has 2 heterocycles. The minimum absolute atomic E-state index is 0.0608. The van der Waals surface area contributed by atoms with Crippen LogP contribution in [0.25, 0.3) is 22.4 Å². The van der Waals surface area contributed by atoms with E-state index in [1.165, 1.54) is 12.1 Å². The molecule has 3 aromatic rings. The van der Waals surface area contributed by atoms with Gasteiger partial charge in [-0.15, -0.1) is 0 Å². The molecule has 6 heteroatoms. The van der Waals surface area contributed by atoms with Crippen molar-refractivity contribution in [1.29, 1.82) is 0 Å². The summed E-state index contributed by atoms with van der Waals surface area (Å²) in [4.78, 5) is 16.2. The Hall–Kier alpha value is -2.73. The first-order chi connectivity index (χ1) is 12.6. The van der Waals surface area contributed by atoms with Gasteiger partial charge in [-0.25, -0.2) is 9.37 Å². The zero-order chi connectivity index (χ0) is 18.1. The van der Waals surface area contributed by atoms with E-state index >= 15 is 0 Å². The molecule has 0 saturated carbocycles. The van der Waals surface area contributed by atoms with E-state index in [0.717, 1.165) is 22.4 Å². The fraction of sp³-hybridized carbons (Fsp3) is 0.300. The Balaban J connectivity index is 1.65. The van der Waals surface area contributed by atoms with Crippen LogP contribution in [0.1, 0.15) is 19.3 Å². The second-order valence-corrected chi connectivity index (χ2v) is 6.58. The largest absolute Gasteiger partial charge is 0.462 e. The molecule has 1 aliphatic rings. The van der Waals surface area contributed by atoms with E-state index in [9.17, 15) is 14.3 Å². The Morgan fingerprint density at radius 1 is 1.19 bits per heavy atom. The predicted molar refractivity (Wildman–Crippen MR) is 94.9 cm³/mol. The van der Waals surface area contributed by atoms with Crippen LogP contribution >= 0.6 is 0 Å². The number of imidazole rings is 1. The van der Waals surface area contributed by atoms with Crippen molar-refractivity contribution >= 4 is 17.0 Å². The molecule has 4 rings (SSSR count). The number of benzene rings is 2. The van der Waals surface area contributed by atoms with Crippen LogP contribution in [-0.4, -0.2) is 32.8 Å². The van der Waals surface area contributed by atoms with Crippen molar-refractivity contribution in [3.8, 4) is 11.4 Å². The van der Waals surface area contributed by atoms with Gasteiger partial charge in [0.2, 0.25) is 0 Å². The number of nitrogens with zero attached hydrogens (tertiary/aromatic N) is 2. The number of fused-ring (bicyclic) bond motifs is 1. The SMILES string of the molecule is O=C1C[C@H](O)C[C@@H](CCn2c(-c3ccc(F)cc3)nc3ccccc32)O1. The van der Waals surface area contributed by atoms with Gasteiger partial charge < -0.3 is 14.4 Å². The van der Waals surface area contributed by atoms with Crippen molar-refractivity contribution in [2.45, 2.75) is 38.0 Å². The van der Waals surface area contributed by atoms with Crippen molar-refractivity contribution in [3.63, 3.8) is 0 Å². The molecule has 1 aromatic heterocycles. The molecule has 2 aromatic carbocycles. The molecule has 5 nitrogen and oxygen atoms in total. The molecule has 2 atom stereocenters. The Labute approximate surface area is 150 Å². The normalized spacial score (nSPS) is 20.3. The van der Waals surface area contributed by atoms with Gasteiger partial charge in [0, 0.05) is 24.9 Å². The standard InChI is InChI=1S/C20H19FN2O3/c21-14-7-5-13(6-8-14)20-22-17-3-1-2-4-18(17)23(20)10-9-16-11-15(24)12-19(25)26-16/h1-8,15-16,24H,9-12H2/t15-,16-/m1/s1. The smallest absolute Gasteiger partial charge is 0.308 e. The summed E-state index contributed by atoms with van der Waals surface area (Å²) in [5, 5.41) is 9.78. The number of cyclic esters (lactones) is 1. The third-order valence-electron chi connectivity index (χ3n) is 4.67. The lowest BCUT2D eigenvalue weighted by Gasteiger charge is -2.26. The van der Waals surface area contributed by atoms with Crippen LogP contribution in [-0.2, 0) is 16.1 Å². The Morgan fingerprint density at radius 3 is 2.73 bits per heavy atom. The zero-order valence-corrected chi connectivity index (χ0v) is 14.1. The highest BCUT2D eigenvalue weighted by atomic mass is 19.1. The van der Waals surface area contributed by atoms with E-state index < -0.39 is 6.10 Å². The average molecular weight is 354 g/mol. The number of carbonyl (C=O) groups excluding carboxylic acids is 1. The van der Waals surface area contributed by atoms with Crippen LogP contribution in [0.4, 0.5) is 4.39 Å². The van der Waals surface area contributed by atoms with E-state index in [4.69, 9.17) is 4.74 Å². The van der Waals surface area contributed by atoms with Crippen LogP contribution in [0.2, 0.25) is 0 Å². The van der Waals surface area contributed by atoms with Gasteiger partial charge in [-0.1, -0.05) is 12.1 Å². The molecular formula is C20H19FN2O3. The molecule has 0 amide bonds. The lowest BCUT2D eigenvalue weighted by molar-refractivity contribution is -0.160. The van der Waals surface area contributed by atoms with Crippen molar-refractivity contribution < 1.29 is 19.0 Å². The molecule has 0 bridgehead atoms. The first kappa shape index (κ1) is 16.7. The van der Waals surface area contributed by atoms with Crippen molar-refractivity contribution in [3.05, 3.63) is 54.3 Å². The van der Waals surface area contributed by atoms with Crippen LogP contribution in [0.3, 0.4) is 0 Å². The number of aliphatic hydroxyl groups is 1. The average Bonchev–Trinajstić information content (AvgIpc) is 2.98. The summed E-state index contributed by atoms with van der Waals surface area (Å²) in [5.41, 5.74) is 2.64. The van der Waals surface area contributed by atoms with Crippen molar-refractivity contribution in [2.75, 3.05) is 0 Å². The first-order valence-electron chi connectivity index (χ1n) is 8.69. The summed E-state index contributed by atoms with van der Waals surface area (Å²) in [6.07, 6.45) is 0.137. The maximum atomic E-state index is 13.3. The molecule has 26 heavy (non-hydrogen) atoms. The maximum Gasteiger partial charge on any atom is 0.308 e. The number of carbonyl (C=O) groups is 1. The molecular weight excluding hydrogens is 335 g/mol. The number of aryl methyl sites for hydroxylation is 1. The predicted octanol–water partition coefficient (Wildman–Crippen LogP) is 3.30. The lowest BCUT2D eigenvalue weighted by Crippen LogP contribution is -2.33. The summed E-state index contributed by atoms with van der Waals surface area (Å²) < 4.78 is 20.7. The number of hydrogen-bond acceptors (Lipinski definition) is 4. The fourth-order valence-corrected chi connectivity index (χ4v) is 3.43. The second kappa shape index (κ2) is 6.88. The Kier molecular flexibility index (Phi) is 4.42. The van der Waals surface area contributed by atoms with Gasteiger partial charge in [-0.3, -0.25) is 4.79 Å². The third-order valence-corrected chi connectivity index (χ3v) is 4.67. The number of hydrogen-bond donors (Lipinski definition) is 1. The summed E-state index contributed by atoms with van der Waals surface area (Å²) in [7, 11) is 0. The van der Waals surface area contributed by atoms with E-state index in [-0.39, 0.29) is 24.3 Å². The number of aliphatic hydroxyl groups excluding tert-OH is 1. The molecule has 1 aliphatic heterocycles. The summed E-state index contributed by atoms with van der Waals surface area (Å²) in [6, 6.07) is 14.0. The fourth-order valence-electron chi connectivity index (χ4n) is 3.43. The summed E-state index contributed by atoms with van der Waals surface area (Å²) in [5.74, 6) is 0.0939. The maximum absolute atomic E-state index is 13.3. The highest BCUT2D eigenvalue weighted by Crippen LogP contribution is 2.27. The monoisotopic (exact) mass is 354 g/mol. The van der Waals surface area contributed by atoms with E-state index in [1.807, 2.05) is 24.3 Å². The highest BCUT2D eigenvalue weighted by Gasteiger charge is 2.27. The van der Waals surface area contributed by atoms with Gasteiger partial charge in [0.05, 0.1) is 23.6 Å². The minimum Gasteiger partial charge on any atom is -0.462 e. The molecule has 0 unspecified atom stereocenters. The third kappa shape index (κ3) is 3.32. The quantitative estimate of drug-likeness (QED) is 0.730. The number of para-hydroxylation sites is 2. The number of halogens is 1. The van der Waals surface area contributed by atoms with Gasteiger partial charge in [-0.05, 0) is 36.4 Å². The van der Waals surface area contributed by atoms with Gasteiger partial charge >= 0.3 is 5.97 Å². The Morgan fingerprint density at radius 2 is 1.96 bits per heavy atom. The molecule has 0 spiro atoms. The zero-order valence-electron chi connectivity index (χ0n) is 14.1. The van der Waals surface area contributed by atoms with Gasteiger partial charge in [0.1, 0.15) is 17.7 Å². The van der Waals surface area contributed by atoms with Gasteiger partial charge in [0.15, 0.2) is 0 Å². The highest BCUT2D eigenvalue weighted by molar-refractivity contribution is 5.80.